The van der Waals surface area contributed by atoms with E-state index < -0.39 is 6.04 Å². The van der Waals surface area contributed by atoms with Gasteiger partial charge >= 0.3 is 0 Å². The maximum atomic E-state index is 11.9. The van der Waals surface area contributed by atoms with Gasteiger partial charge in [-0.3, -0.25) is 9.59 Å². The van der Waals surface area contributed by atoms with Crippen molar-refractivity contribution < 1.29 is 19.1 Å². The van der Waals surface area contributed by atoms with Gasteiger partial charge in [0.15, 0.2) is 11.5 Å². The van der Waals surface area contributed by atoms with Crippen LogP contribution in [0.2, 0.25) is 0 Å². The number of rotatable bonds is 6. The van der Waals surface area contributed by atoms with Gasteiger partial charge in [-0.1, -0.05) is 19.1 Å². The molecule has 1 aromatic rings. The van der Waals surface area contributed by atoms with Crippen LogP contribution in [-0.4, -0.2) is 49.6 Å². The lowest BCUT2D eigenvalue weighted by Gasteiger charge is -2.34. The molecule has 6 heteroatoms. The van der Waals surface area contributed by atoms with E-state index in [1.807, 2.05) is 25.1 Å². The van der Waals surface area contributed by atoms with Gasteiger partial charge in [-0.2, -0.15) is 0 Å². The normalized spacial score (nSPS) is 18.4. The Bertz CT molecular complexity index is 518. The molecule has 1 saturated heterocycles. The Morgan fingerprint density at radius 2 is 2.00 bits per heavy atom. The molecule has 1 unspecified atom stereocenters. The predicted octanol–water partition coefficient (Wildman–Crippen LogP) is 0.811. The minimum atomic E-state index is -0.410. The third-order valence-corrected chi connectivity index (χ3v) is 3.46. The van der Waals surface area contributed by atoms with Crippen LogP contribution >= 0.6 is 0 Å². The number of hydrogen-bond acceptors (Lipinski definition) is 4. The molecule has 0 spiro atoms. The molecule has 21 heavy (non-hydrogen) atoms. The molecular weight excluding hydrogens is 272 g/mol. The van der Waals surface area contributed by atoms with E-state index in [0.717, 1.165) is 0 Å². The Balaban J connectivity index is 1.95. The Labute approximate surface area is 124 Å². The van der Waals surface area contributed by atoms with Crippen LogP contribution in [-0.2, 0) is 9.59 Å². The third kappa shape index (κ3) is 3.45. The zero-order valence-corrected chi connectivity index (χ0v) is 12.3. The van der Waals surface area contributed by atoms with Crippen LogP contribution in [0.5, 0.6) is 11.5 Å². The first-order valence-corrected chi connectivity index (χ1v) is 7.00. The quantitative estimate of drug-likeness (QED) is 0.842. The molecule has 1 aliphatic rings. The fraction of sp³-hybridized carbons (Fsp3) is 0.467. The van der Waals surface area contributed by atoms with Crippen LogP contribution in [0.3, 0.4) is 0 Å². The van der Waals surface area contributed by atoms with E-state index in [9.17, 15) is 9.59 Å². The van der Waals surface area contributed by atoms with Gasteiger partial charge in [-0.05, 0) is 18.6 Å². The number of amides is 2. The smallest absolute Gasteiger partial charge is 0.243 e. The second kappa shape index (κ2) is 6.97. The molecule has 1 atom stereocenters. The standard InChI is InChI=1S/C15H20N2O4/c1-3-11-15(19)16-10-14(18)17(11)8-9-21-13-7-5-4-6-12(13)20-2/h4-7,11H,3,8-10H2,1-2H3,(H,16,19). The van der Waals surface area contributed by atoms with Crippen molar-refractivity contribution in [2.24, 2.45) is 0 Å². The van der Waals surface area contributed by atoms with Crippen molar-refractivity contribution in [3.63, 3.8) is 0 Å². The van der Waals surface area contributed by atoms with Gasteiger partial charge in [0, 0.05) is 0 Å². The summed E-state index contributed by atoms with van der Waals surface area (Å²) in [4.78, 5) is 25.2. The molecule has 0 saturated carbocycles. The van der Waals surface area contributed by atoms with Crippen LogP contribution < -0.4 is 14.8 Å². The summed E-state index contributed by atoms with van der Waals surface area (Å²) in [5.74, 6) is 1.09. The maximum absolute atomic E-state index is 11.9. The van der Waals surface area contributed by atoms with Gasteiger partial charge in [-0.15, -0.1) is 0 Å². The SMILES string of the molecule is CCC1C(=O)NCC(=O)N1CCOc1ccccc1OC. The summed E-state index contributed by atoms with van der Waals surface area (Å²) >= 11 is 0. The van der Waals surface area contributed by atoms with E-state index in [2.05, 4.69) is 5.32 Å². The number of para-hydroxylation sites is 2. The van der Waals surface area contributed by atoms with Crippen molar-refractivity contribution in [2.75, 3.05) is 26.8 Å². The van der Waals surface area contributed by atoms with Crippen LogP contribution in [0.4, 0.5) is 0 Å². The lowest BCUT2D eigenvalue weighted by atomic mass is 10.1. The molecule has 0 aliphatic carbocycles. The van der Waals surface area contributed by atoms with E-state index in [1.165, 1.54) is 0 Å². The average molecular weight is 292 g/mol. The molecule has 114 valence electrons. The molecule has 1 aromatic carbocycles. The first-order valence-electron chi connectivity index (χ1n) is 7.00. The molecule has 1 heterocycles. The Morgan fingerprint density at radius 1 is 1.29 bits per heavy atom. The summed E-state index contributed by atoms with van der Waals surface area (Å²) in [6, 6.07) is 6.92. The maximum Gasteiger partial charge on any atom is 0.243 e. The first kappa shape index (κ1) is 15.2. The van der Waals surface area contributed by atoms with Crippen molar-refractivity contribution in [3.05, 3.63) is 24.3 Å². The number of methoxy groups -OCH3 is 1. The average Bonchev–Trinajstić information content (AvgIpc) is 2.51. The van der Waals surface area contributed by atoms with Crippen molar-refractivity contribution in [1.82, 2.24) is 10.2 Å². The highest BCUT2D eigenvalue weighted by atomic mass is 16.5. The van der Waals surface area contributed by atoms with Crippen LogP contribution in [0.25, 0.3) is 0 Å². The molecule has 0 radical (unpaired) electrons. The minimum absolute atomic E-state index is 0.0595. The number of nitrogens with one attached hydrogen (secondary N) is 1. The monoisotopic (exact) mass is 292 g/mol. The summed E-state index contributed by atoms with van der Waals surface area (Å²) in [7, 11) is 1.58. The minimum Gasteiger partial charge on any atom is -0.493 e. The van der Waals surface area contributed by atoms with Crippen LogP contribution in [0.1, 0.15) is 13.3 Å². The zero-order chi connectivity index (χ0) is 15.2. The highest BCUT2D eigenvalue weighted by molar-refractivity contribution is 5.94. The third-order valence-electron chi connectivity index (χ3n) is 3.46. The highest BCUT2D eigenvalue weighted by Crippen LogP contribution is 2.25. The van der Waals surface area contributed by atoms with E-state index in [0.29, 0.717) is 31.1 Å². The van der Waals surface area contributed by atoms with Gasteiger partial charge in [0.25, 0.3) is 0 Å². The second-order valence-corrected chi connectivity index (χ2v) is 4.73. The van der Waals surface area contributed by atoms with Crippen molar-refractivity contribution >= 4 is 11.8 Å². The molecule has 0 aromatic heterocycles. The summed E-state index contributed by atoms with van der Waals surface area (Å²) < 4.78 is 10.9. The van der Waals surface area contributed by atoms with Crippen molar-refractivity contribution in [3.8, 4) is 11.5 Å². The molecule has 2 rings (SSSR count). The molecule has 1 fully saturated rings. The molecule has 2 amide bonds. The van der Waals surface area contributed by atoms with E-state index >= 15 is 0 Å². The Hall–Kier alpha value is -2.24. The lowest BCUT2D eigenvalue weighted by Crippen LogP contribution is -2.58. The van der Waals surface area contributed by atoms with Gasteiger partial charge in [-0.25, -0.2) is 0 Å². The van der Waals surface area contributed by atoms with Gasteiger partial charge in [0.1, 0.15) is 12.6 Å². The molecule has 1 N–H and O–H groups in total. The summed E-state index contributed by atoms with van der Waals surface area (Å²) in [6.07, 6.45) is 0.590. The number of hydrogen-bond donors (Lipinski definition) is 1. The molecular formula is C15H20N2O4. The first-order chi connectivity index (χ1) is 10.2. The number of carbonyl (C=O) groups is 2. The van der Waals surface area contributed by atoms with E-state index in [-0.39, 0.29) is 18.4 Å². The van der Waals surface area contributed by atoms with Crippen LogP contribution in [0.15, 0.2) is 24.3 Å². The number of carbonyl (C=O) groups excluding carboxylic acids is 2. The number of benzene rings is 1. The highest BCUT2D eigenvalue weighted by Gasteiger charge is 2.32. The fourth-order valence-corrected chi connectivity index (χ4v) is 2.38. The molecule has 6 nitrogen and oxygen atoms in total. The van der Waals surface area contributed by atoms with E-state index in [4.69, 9.17) is 9.47 Å². The largest absolute Gasteiger partial charge is 0.493 e. The summed E-state index contributed by atoms with van der Waals surface area (Å²) in [6.45, 7) is 2.64. The van der Waals surface area contributed by atoms with Crippen molar-refractivity contribution in [1.29, 1.82) is 0 Å². The topological polar surface area (TPSA) is 67.9 Å². The summed E-state index contributed by atoms with van der Waals surface area (Å²) in [5.41, 5.74) is 0. The Kier molecular flexibility index (Phi) is 5.03. The van der Waals surface area contributed by atoms with Gasteiger partial charge in [0.2, 0.25) is 11.8 Å². The lowest BCUT2D eigenvalue weighted by molar-refractivity contribution is -0.146. The predicted molar refractivity (Wildman–Crippen MR) is 77.3 cm³/mol. The van der Waals surface area contributed by atoms with Gasteiger partial charge < -0.3 is 19.7 Å². The van der Waals surface area contributed by atoms with Crippen molar-refractivity contribution in [2.45, 2.75) is 19.4 Å². The van der Waals surface area contributed by atoms with Gasteiger partial charge in [0.05, 0.1) is 20.2 Å². The Morgan fingerprint density at radius 3 is 2.67 bits per heavy atom. The van der Waals surface area contributed by atoms with Crippen LogP contribution in [0, 0.1) is 0 Å². The number of nitrogens with zero attached hydrogens (tertiary/aromatic N) is 1. The molecule has 1 aliphatic heterocycles. The molecule has 0 bridgehead atoms. The van der Waals surface area contributed by atoms with E-state index in [1.54, 1.807) is 18.1 Å². The number of piperazine rings is 1. The second-order valence-electron chi connectivity index (χ2n) is 4.73. The fourth-order valence-electron chi connectivity index (χ4n) is 2.38. The number of ether oxygens (including phenoxy) is 2. The summed E-state index contributed by atoms with van der Waals surface area (Å²) in [5, 5.41) is 2.60. The zero-order valence-electron chi connectivity index (χ0n) is 12.3.